The van der Waals surface area contributed by atoms with E-state index in [-0.39, 0.29) is 5.91 Å². The normalized spacial score (nSPS) is 17.9. The maximum Gasteiger partial charge on any atom is 0.219 e. The number of unbranched alkanes of at least 4 members (excludes halogenated alkanes) is 2. The molecule has 1 rings (SSSR count). The van der Waals surface area contributed by atoms with E-state index >= 15 is 0 Å². The molecule has 0 spiro atoms. The molecule has 6 heteroatoms. The summed E-state index contributed by atoms with van der Waals surface area (Å²) in [6.07, 6.45) is 5.00. The molecule has 134 valence electrons. The third-order valence-electron chi connectivity index (χ3n) is 4.39. The SMILES string of the molecule is CCCCCC(C)NC(=NC)NCCN1CCN(C(C)=O)CC1. The Morgan fingerprint density at radius 2 is 1.91 bits per heavy atom. The van der Waals surface area contributed by atoms with Gasteiger partial charge in [-0.25, -0.2) is 0 Å². The summed E-state index contributed by atoms with van der Waals surface area (Å²) in [6, 6.07) is 0.451. The van der Waals surface area contributed by atoms with Gasteiger partial charge in [0, 0.05) is 59.3 Å². The van der Waals surface area contributed by atoms with Gasteiger partial charge < -0.3 is 15.5 Å². The van der Waals surface area contributed by atoms with Crippen molar-refractivity contribution in [3.05, 3.63) is 0 Å². The van der Waals surface area contributed by atoms with Crippen LogP contribution in [0, 0.1) is 0 Å². The second-order valence-corrected chi connectivity index (χ2v) is 6.39. The average Bonchev–Trinajstić information content (AvgIpc) is 2.54. The largest absolute Gasteiger partial charge is 0.355 e. The lowest BCUT2D eigenvalue weighted by Gasteiger charge is -2.34. The van der Waals surface area contributed by atoms with Crippen molar-refractivity contribution in [1.82, 2.24) is 20.4 Å². The lowest BCUT2D eigenvalue weighted by atomic mass is 10.1. The zero-order valence-electron chi connectivity index (χ0n) is 15.4. The summed E-state index contributed by atoms with van der Waals surface area (Å²) in [5, 5.41) is 6.84. The van der Waals surface area contributed by atoms with Gasteiger partial charge in [-0.1, -0.05) is 26.2 Å². The Bertz CT molecular complexity index is 364. The molecule has 1 atom stereocenters. The minimum Gasteiger partial charge on any atom is -0.355 e. The molecule has 0 aromatic carbocycles. The molecular weight excluding hydrogens is 290 g/mol. The summed E-state index contributed by atoms with van der Waals surface area (Å²) < 4.78 is 0. The predicted octanol–water partition coefficient (Wildman–Crippen LogP) is 1.28. The first-order chi connectivity index (χ1) is 11.1. The van der Waals surface area contributed by atoms with Gasteiger partial charge in [-0.05, 0) is 13.3 Å². The van der Waals surface area contributed by atoms with Gasteiger partial charge in [-0.15, -0.1) is 0 Å². The Morgan fingerprint density at radius 3 is 2.48 bits per heavy atom. The van der Waals surface area contributed by atoms with Crippen LogP contribution in [0.2, 0.25) is 0 Å². The highest BCUT2D eigenvalue weighted by Gasteiger charge is 2.17. The predicted molar refractivity (Wildman–Crippen MR) is 96.8 cm³/mol. The standard InChI is InChI=1S/C17H35N5O/c1-5-6-7-8-15(2)20-17(18-4)19-9-10-21-11-13-22(14-12-21)16(3)23/h15H,5-14H2,1-4H3,(H2,18,19,20). The first-order valence-electron chi connectivity index (χ1n) is 9.01. The third-order valence-corrected chi connectivity index (χ3v) is 4.39. The van der Waals surface area contributed by atoms with Crippen LogP contribution in [0.1, 0.15) is 46.5 Å². The Morgan fingerprint density at radius 1 is 1.22 bits per heavy atom. The molecule has 1 aliphatic heterocycles. The first-order valence-corrected chi connectivity index (χ1v) is 9.01. The lowest BCUT2D eigenvalue weighted by molar-refractivity contribution is -0.130. The Kier molecular flexibility index (Phi) is 9.67. The van der Waals surface area contributed by atoms with Crippen LogP contribution in [0.3, 0.4) is 0 Å². The van der Waals surface area contributed by atoms with E-state index in [9.17, 15) is 4.79 Å². The van der Waals surface area contributed by atoms with E-state index in [0.29, 0.717) is 6.04 Å². The minimum atomic E-state index is 0.185. The van der Waals surface area contributed by atoms with Crippen molar-refractivity contribution in [2.75, 3.05) is 46.3 Å². The highest BCUT2D eigenvalue weighted by atomic mass is 16.2. The molecule has 1 fully saturated rings. The second-order valence-electron chi connectivity index (χ2n) is 6.39. The van der Waals surface area contributed by atoms with Crippen molar-refractivity contribution < 1.29 is 4.79 Å². The molecule has 0 bridgehead atoms. The molecule has 0 aromatic heterocycles. The van der Waals surface area contributed by atoms with Gasteiger partial charge in [0.05, 0.1) is 0 Å². The number of carbonyl (C=O) groups excluding carboxylic acids is 1. The van der Waals surface area contributed by atoms with Crippen LogP contribution in [-0.4, -0.2) is 74.0 Å². The van der Waals surface area contributed by atoms with E-state index < -0.39 is 0 Å². The monoisotopic (exact) mass is 325 g/mol. The van der Waals surface area contributed by atoms with Gasteiger partial charge in [0.2, 0.25) is 5.91 Å². The van der Waals surface area contributed by atoms with Gasteiger partial charge in [0.1, 0.15) is 0 Å². The molecule has 1 heterocycles. The third kappa shape index (κ3) is 8.21. The van der Waals surface area contributed by atoms with E-state index in [4.69, 9.17) is 0 Å². The van der Waals surface area contributed by atoms with Crippen molar-refractivity contribution in [3.63, 3.8) is 0 Å². The lowest BCUT2D eigenvalue weighted by Crippen LogP contribution is -2.50. The Hall–Kier alpha value is -1.30. The summed E-state index contributed by atoms with van der Waals surface area (Å²) in [4.78, 5) is 19.9. The summed E-state index contributed by atoms with van der Waals surface area (Å²) in [5.74, 6) is 1.07. The number of amides is 1. The maximum atomic E-state index is 11.3. The van der Waals surface area contributed by atoms with E-state index in [1.807, 2.05) is 11.9 Å². The van der Waals surface area contributed by atoms with Crippen LogP contribution < -0.4 is 10.6 Å². The molecule has 0 aromatic rings. The van der Waals surface area contributed by atoms with E-state index in [2.05, 4.69) is 34.4 Å². The van der Waals surface area contributed by atoms with Crippen molar-refractivity contribution >= 4 is 11.9 Å². The zero-order valence-corrected chi connectivity index (χ0v) is 15.4. The molecule has 0 radical (unpaired) electrons. The summed E-state index contributed by atoms with van der Waals surface area (Å²) in [7, 11) is 1.82. The summed E-state index contributed by atoms with van der Waals surface area (Å²) in [6.45, 7) is 11.6. The average molecular weight is 326 g/mol. The molecule has 1 amide bonds. The van der Waals surface area contributed by atoms with Gasteiger partial charge in [-0.2, -0.15) is 0 Å². The molecule has 2 N–H and O–H groups in total. The topological polar surface area (TPSA) is 60.0 Å². The van der Waals surface area contributed by atoms with Crippen molar-refractivity contribution in [2.24, 2.45) is 4.99 Å². The fourth-order valence-electron chi connectivity index (χ4n) is 2.82. The fourth-order valence-corrected chi connectivity index (χ4v) is 2.82. The number of rotatable bonds is 8. The highest BCUT2D eigenvalue weighted by molar-refractivity contribution is 5.79. The van der Waals surface area contributed by atoms with Gasteiger partial charge in [0.25, 0.3) is 0 Å². The molecule has 6 nitrogen and oxygen atoms in total. The van der Waals surface area contributed by atoms with Crippen molar-refractivity contribution in [1.29, 1.82) is 0 Å². The Labute approximate surface area is 141 Å². The van der Waals surface area contributed by atoms with Gasteiger partial charge in [0.15, 0.2) is 5.96 Å². The van der Waals surface area contributed by atoms with E-state index in [1.54, 1.807) is 6.92 Å². The first kappa shape index (κ1) is 19.7. The van der Waals surface area contributed by atoms with Crippen LogP contribution in [0.5, 0.6) is 0 Å². The smallest absolute Gasteiger partial charge is 0.219 e. The molecule has 1 saturated heterocycles. The number of hydrogen-bond acceptors (Lipinski definition) is 3. The quantitative estimate of drug-likeness (QED) is 0.401. The number of carbonyl (C=O) groups is 1. The number of guanidine groups is 1. The van der Waals surface area contributed by atoms with Crippen LogP contribution in [0.15, 0.2) is 4.99 Å². The molecule has 23 heavy (non-hydrogen) atoms. The molecule has 1 unspecified atom stereocenters. The number of aliphatic imine (C=N–C) groups is 1. The molecule has 0 saturated carbocycles. The number of piperazine rings is 1. The van der Waals surface area contributed by atoms with Crippen molar-refractivity contribution in [3.8, 4) is 0 Å². The maximum absolute atomic E-state index is 11.3. The van der Waals surface area contributed by atoms with E-state index in [1.165, 1.54) is 25.7 Å². The van der Waals surface area contributed by atoms with Crippen molar-refractivity contribution in [2.45, 2.75) is 52.5 Å². The van der Waals surface area contributed by atoms with Gasteiger partial charge in [-0.3, -0.25) is 14.7 Å². The Balaban J connectivity index is 2.17. The second kappa shape index (κ2) is 11.3. The van der Waals surface area contributed by atoms with Gasteiger partial charge >= 0.3 is 0 Å². The number of hydrogen-bond donors (Lipinski definition) is 2. The minimum absolute atomic E-state index is 0.185. The molecule has 1 aliphatic rings. The molecule has 0 aliphatic carbocycles. The van der Waals surface area contributed by atoms with Crippen LogP contribution in [-0.2, 0) is 4.79 Å². The summed E-state index contributed by atoms with van der Waals surface area (Å²) in [5.41, 5.74) is 0. The molecular formula is C17H35N5O. The zero-order chi connectivity index (χ0) is 17.1. The highest BCUT2D eigenvalue weighted by Crippen LogP contribution is 2.03. The fraction of sp³-hybridized carbons (Fsp3) is 0.882. The van der Waals surface area contributed by atoms with Crippen LogP contribution >= 0.6 is 0 Å². The van der Waals surface area contributed by atoms with Crippen LogP contribution in [0.4, 0.5) is 0 Å². The number of nitrogens with one attached hydrogen (secondary N) is 2. The summed E-state index contributed by atoms with van der Waals surface area (Å²) >= 11 is 0. The number of nitrogens with zero attached hydrogens (tertiary/aromatic N) is 3. The van der Waals surface area contributed by atoms with Crippen LogP contribution in [0.25, 0.3) is 0 Å². The van der Waals surface area contributed by atoms with E-state index in [0.717, 1.165) is 45.2 Å².